The molecule has 0 atom stereocenters. The van der Waals surface area contributed by atoms with Crippen molar-refractivity contribution < 1.29 is 4.18 Å². The molecule has 0 saturated carbocycles. The largest absolute Gasteiger partial charge is 0.287 e. The number of rotatable bonds is 2. The predicted molar refractivity (Wildman–Crippen MR) is 51.0 cm³/mol. The summed E-state index contributed by atoms with van der Waals surface area (Å²) in [6, 6.07) is 8.11. The maximum Gasteiger partial charge on any atom is 0.191 e. The summed E-state index contributed by atoms with van der Waals surface area (Å²) in [6.45, 7) is 2.07. The predicted octanol–water partition coefficient (Wildman–Crippen LogP) is 2.17. The minimum atomic E-state index is 0.0252. The van der Waals surface area contributed by atoms with E-state index in [1.54, 1.807) is 0 Å². The summed E-state index contributed by atoms with van der Waals surface area (Å²) in [5.41, 5.74) is 1.24. The lowest BCUT2D eigenvalue weighted by atomic mass is 10.2. The summed E-state index contributed by atoms with van der Waals surface area (Å²) in [7, 11) is 0. The van der Waals surface area contributed by atoms with Crippen LogP contribution < -0.4 is 4.18 Å². The lowest BCUT2D eigenvalue weighted by Crippen LogP contribution is -2.04. The van der Waals surface area contributed by atoms with Gasteiger partial charge in [-0.1, -0.05) is 12.1 Å². The van der Waals surface area contributed by atoms with Crippen molar-refractivity contribution in [2.75, 3.05) is 12.5 Å². The Labute approximate surface area is 70.9 Å². The summed E-state index contributed by atoms with van der Waals surface area (Å²) >= 11 is 0.0252. The van der Waals surface area contributed by atoms with Gasteiger partial charge in [-0.05, 0) is 24.6 Å². The average Bonchev–Trinajstić information content (AvgIpc) is 1.85. The molecular formula is C9H13OS+. The molecule has 1 aromatic carbocycles. The summed E-state index contributed by atoms with van der Waals surface area (Å²) in [5, 5.41) is 0. The first-order valence-electron chi connectivity index (χ1n) is 3.51. The lowest BCUT2D eigenvalue weighted by molar-refractivity contribution is 0.634. The van der Waals surface area contributed by atoms with Crippen molar-refractivity contribution in [2.45, 2.75) is 6.92 Å². The van der Waals surface area contributed by atoms with Gasteiger partial charge in [0.1, 0.15) is 12.5 Å². The second kappa shape index (κ2) is 3.67. The molecule has 0 N–H and O–H groups in total. The third-order valence-electron chi connectivity index (χ3n) is 1.25. The smallest absolute Gasteiger partial charge is 0.191 e. The fraction of sp³-hybridized carbons (Fsp3) is 0.333. The van der Waals surface area contributed by atoms with E-state index >= 15 is 0 Å². The SMILES string of the molecule is Cc1cccc(O[S+](C)C)c1. The zero-order chi connectivity index (χ0) is 8.27. The molecule has 0 radical (unpaired) electrons. The van der Waals surface area contributed by atoms with Crippen LogP contribution in [0.25, 0.3) is 0 Å². The number of benzene rings is 1. The quantitative estimate of drug-likeness (QED) is 0.616. The van der Waals surface area contributed by atoms with Crippen molar-refractivity contribution in [3.63, 3.8) is 0 Å². The third kappa shape index (κ3) is 2.85. The van der Waals surface area contributed by atoms with Crippen molar-refractivity contribution in [1.82, 2.24) is 0 Å². The number of hydrogen-bond acceptors (Lipinski definition) is 1. The van der Waals surface area contributed by atoms with Gasteiger partial charge in [0.15, 0.2) is 16.9 Å². The van der Waals surface area contributed by atoms with Crippen LogP contribution in [0.5, 0.6) is 5.75 Å². The van der Waals surface area contributed by atoms with E-state index in [1.807, 2.05) is 18.2 Å². The summed E-state index contributed by atoms with van der Waals surface area (Å²) in [6.07, 6.45) is 4.12. The van der Waals surface area contributed by atoms with Gasteiger partial charge in [0, 0.05) is 0 Å². The molecule has 11 heavy (non-hydrogen) atoms. The van der Waals surface area contributed by atoms with Crippen molar-refractivity contribution in [2.24, 2.45) is 0 Å². The monoisotopic (exact) mass is 169 g/mol. The van der Waals surface area contributed by atoms with Crippen LogP contribution >= 0.6 is 0 Å². The second-order valence-corrected chi connectivity index (χ2v) is 4.29. The minimum Gasteiger partial charge on any atom is -0.287 e. The molecule has 0 unspecified atom stereocenters. The van der Waals surface area contributed by atoms with Gasteiger partial charge in [0.2, 0.25) is 0 Å². The Hall–Kier alpha value is -0.630. The molecule has 0 saturated heterocycles. The lowest BCUT2D eigenvalue weighted by Gasteiger charge is -1.99. The molecule has 0 amide bonds. The number of hydrogen-bond donors (Lipinski definition) is 0. The minimum absolute atomic E-state index is 0.0252. The van der Waals surface area contributed by atoms with E-state index in [4.69, 9.17) is 4.18 Å². The zero-order valence-electron chi connectivity index (χ0n) is 7.13. The van der Waals surface area contributed by atoms with Gasteiger partial charge in [-0.2, -0.15) is 0 Å². The van der Waals surface area contributed by atoms with Crippen LogP contribution in [0.15, 0.2) is 24.3 Å². The first-order chi connectivity index (χ1) is 5.18. The maximum atomic E-state index is 5.52. The van der Waals surface area contributed by atoms with Crippen molar-refractivity contribution >= 4 is 11.2 Å². The highest BCUT2D eigenvalue weighted by molar-refractivity contribution is 7.91. The average molecular weight is 169 g/mol. The number of aryl methyl sites for hydroxylation is 1. The van der Waals surface area contributed by atoms with E-state index in [0.29, 0.717) is 0 Å². The molecule has 0 aliphatic carbocycles. The molecule has 0 bridgehead atoms. The van der Waals surface area contributed by atoms with Crippen LogP contribution in [0.1, 0.15) is 5.56 Å². The highest BCUT2D eigenvalue weighted by atomic mass is 32.2. The fourth-order valence-electron chi connectivity index (χ4n) is 0.860. The molecular weight excluding hydrogens is 156 g/mol. The Morgan fingerprint density at radius 1 is 1.27 bits per heavy atom. The Morgan fingerprint density at radius 2 is 2.00 bits per heavy atom. The first kappa shape index (κ1) is 8.47. The van der Waals surface area contributed by atoms with Crippen LogP contribution in [0, 0.1) is 6.92 Å². The Kier molecular flexibility index (Phi) is 2.83. The highest BCUT2D eigenvalue weighted by Gasteiger charge is 2.04. The van der Waals surface area contributed by atoms with Crippen molar-refractivity contribution in [3.05, 3.63) is 29.8 Å². The highest BCUT2D eigenvalue weighted by Crippen LogP contribution is 2.13. The summed E-state index contributed by atoms with van der Waals surface area (Å²) in [5.74, 6) is 0.971. The van der Waals surface area contributed by atoms with Gasteiger partial charge < -0.3 is 0 Å². The van der Waals surface area contributed by atoms with Gasteiger partial charge in [0.05, 0.1) is 0 Å². The molecule has 1 nitrogen and oxygen atoms in total. The fourth-order valence-corrected chi connectivity index (χ4v) is 1.35. The molecule has 0 spiro atoms. The zero-order valence-corrected chi connectivity index (χ0v) is 7.94. The van der Waals surface area contributed by atoms with Crippen LogP contribution in [-0.4, -0.2) is 12.5 Å². The molecule has 0 heterocycles. The third-order valence-corrected chi connectivity index (χ3v) is 1.78. The standard InChI is InChI=1S/C9H13OS/c1-8-5-4-6-9(7-8)10-11(2)3/h4-7H,1-3H3/q+1. The summed E-state index contributed by atoms with van der Waals surface area (Å²) in [4.78, 5) is 0. The van der Waals surface area contributed by atoms with Gasteiger partial charge in [-0.3, -0.25) is 4.18 Å². The van der Waals surface area contributed by atoms with Gasteiger partial charge >= 0.3 is 0 Å². The van der Waals surface area contributed by atoms with Crippen molar-refractivity contribution in [3.8, 4) is 5.75 Å². The van der Waals surface area contributed by atoms with E-state index in [9.17, 15) is 0 Å². The molecule has 1 aromatic rings. The van der Waals surface area contributed by atoms with E-state index < -0.39 is 0 Å². The van der Waals surface area contributed by atoms with Crippen LogP contribution in [0.3, 0.4) is 0 Å². The van der Waals surface area contributed by atoms with E-state index in [1.165, 1.54) is 5.56 Å². The molecule has 1 rings (SSSR count). The van der Waals surface area contributed by atoms with E-state index in [0.717, 1.165) is 5.75 Å². The molecule has 0 aliphatic rings. The maximum absolute atomic E-state index is 5.52. The molecule has 2 heteroatoms. The van der Waals surface area contributed by atoms with Crippen molar-refractivity contribution in [1.29, 1.82) is 0 Å². The Morgan fingerprint density at radius 3 is 2.55 bits per heavy atom. The molecule has 0 aromatic heterocycles. The van der Waals surface area contributed by atoms with Gasteiger partial charge in [-0.25, -0.2) is 0 Å². The first-order valence-corrected chi connectivity index (χ1v) is 5.47. The van der Waals surface area contributed by atoms with Crippen LogP contribution in [-0.2, 0) is 11.2 Å². The second-order valence-electron chi connectivity index (χ2n) is 2.64. The molecule has 0 aliphatic heterocycles. The molecule has 60 valence electrons. The Balaban J connectivity index is 2.71. The van der Waals surface area contributed by atoms with E-state index in [2.05, 4.69) is 25.5 Å². The van der Waals surface area contributed by atoms with Gasteiger partial charge in [0.25, 0.3) is 0 Å². The topological polar surface area (TPSA) is 9.23 Å². The van der Waals surface area contributed by atoms with Gasteiger partial charge in [-0.15, -0.1) is 0 Å². The summed E-state index contributed by atoms with van der Waals surface area (Å²) < 4.78 is 5.52. The Bertz CT molecular complexity index is 233. The molecule has 0 fully saturated rings. The van der Waals surface area contributed by atoms with Crippen LogP contribution in [0.2, 0.25) is 0 Å². The normalized spacial score (nSPS) is 10.2. The van der Waals surface area contributed by atoms with Crippen LogP contribution in [0.4, 0.5) is 0 Å². The van der Waals surface area contributed by atoms with E-state index in [-0.39, 0.29) is 11.2 Å².